The molecule has 0 bridgehead atoms. The third-order valence-corrected chi connectivity index (χ3v) is 3.24. The molecule has 0 unspecified atom stereocenters. The lowest BCUT2D eigenvalue weighted by Crippen LogP contribution is -2.27. The summed E-state index contributed by atoms with van der Waals surface area (Å²) in [6, 6.07) is 0.923. The molecule has 0 atom stereocenters. The minimum absolute atomic E-state index is 0.0890. The van der Waals surface area contributed by atoms with Crippen molar-refractivity contribution in [2.45, 2.75) is 18.8 Å². The van der Waals surface area contributed by atoms with Crippen molar-refractivity contribution in [2.75, 3.05) is 13.1 Å². The molecule has 1 fully saturated rings. The first-order valence-electron chi connectivity index (χ1n) is 5.15. The van der Waals surface area contributed by atoms with Gasteiger partial charge in [-0.3, -0.25) is 0 Å². The largest absolute Gasteiger partial charge is 0.317 e. The van der Waals surface area contributed by atoms with Crippen LogP contribution < -0.4 is 5.32 Å². The van der Waals surface area contributed by atoms with Gasteiger partial charge in [-0.2, -0.15) is 0 Å². The molecule has 5 heteroatoms. The highest BCUT2D eigenvalue weighted by Gasteiger charge is 2.24. The van der Waals surface area contributed by atoms with Gasteiger partial charge in [0.15, 0.2) is 11.6 Å². The second-order valence-corrected chi connectivity index (χ2v) is 4.29. The molecule has 1 heterocycles. The van der Waals surface area contributed by atoms with E-state index in [2.05, 4.69) is 5.32 Å². The van der Waals surface area contributed by atoms with Crippen molar-refractivity contribution in [3.05, 3.63) is 34.1 Å². The average molecular weight is 250 g/mol. The van der Waals surface area contributed by atoms with Crippen LogP contribution in [0.5, 0.6) is 0 Å². The van der Waals surface area contributed by atoms with Crippen molar-refractivity contribution in [3.8, 4) is 0 Å². The highest BCUT2D eigenvalue weighted by molar-refractivity contribution is 6.31. The number of halogens is 4. The Morgan fingerprint density at radius 2 is 1.75 bits per heavy atom. The summed E-state index contributed by atoms with van der Waals surface area (Å²) in [5.41, 5.74) is 0.186. The van der Waals surface area contributed by atoms with Crippen molar-refractivity contribution >= 4 is 11.6 Å². The summed E-state index contributed by atoms with van der Waals surface area (Å²) in [5, 5.41) is 2.38. The molecular weight excluding hydrogens is 239 g/mol. The van der Waals surface area contributed by atoms with Crippen molar-refractivity contribution in [2.24, 2.45) is 0 Å². The van der Waals surface area contributed by atoms with Crippen LogP contribution in [0, 0.1) is 17.5 Å². The molecule has 0 aromatic heterocycles. The standard InChI is InChI=1S/C11H11ClF3N/c12-9-10(14)7(5-8(13)11(9)15)6-1-3-16-4-2-6/h5-6,16H,1-4H2. The molecule has 1 saturated heterocycles. The zero-order valence-corrected chi connectivity index (χ0v) is 9.25. The van der Waals surface area contributed by atoms with E-state index in [1.807, 2.05) is 0 Å². The van der Waals surface area contributed by atoms with Crippen molar-refractivity contribution < 1.29 is 13.2 Å². The summed E-state index contributed by atoms with van der Waals surface area (Å²) in [6.45, 7) is 1.50. The monoisotopic (exact) mass is 249 g/mol. The van der Waals surface area contributed by atoms with Crippen LogP contribution in [0.15, 0.2) is 6.07 Å². The normalized spacial score (nSPS) is 17.8. The predicted molar refractivity (Wildman–Crippen MR) is 56.2 cm³/mol. The maximum atomic E-state index is 13.7. The highest BCUT2D eigenvalue weighted by Crippen LogP contribution is 2.33. The van der Waals surface area contributed by atoms with Crippen molar-refractivity contribution in [3.63, 3.8) is 0 Å². The lowest BCUT2D eigenvalue weighted by Gasteiger charge is -2.23. The van der Waals surface area contributed by atoms with Gasteiger partial charge in [-0.1, -0.05) is 11.6 Å². The Kier molecular flexibility index (Phi) is 3.40. The zero-order chi connectivity index (χ0) is 11.7. The van der Waals surface area contributed by atoms with E-state index in [1.54, 1.807) is 0 Å². The summed E-state index contributed by atoms with van der Waals surface area (Å²) >= 11 is 5.40. The summed E-state index contributed by atoms with van der Waals surface area (Å²) in [7, 11) is 0. The topological polar surface area (TPSA) is 12.0 Å². The van der Waals surface area contributed by atoms with Gasteiger partial charge in [-0.25, -0.2) is 13.2 Å². The van der Waals surface area contributed by atoms with Gasteiger partial charge in [-0.15, -0.1) is 0 Å². The summed E-state index contributed by atoms with van der Waals surface area (Å²) in [6.07, 6.45) is 1.41. The van der Waals surface area contributed by atoms with Gasteiger partial charge in [-0.05, 0) is 43.5 Å². The molecule has 1 aromatic rings. The van der Waals surface area contributed by atoms with Crippen LogP contribution in [0.2, 0.25) is 5.02 Å². The van der Waals surface area contributed by atoms with Crippen LogP contribution >= 0.6 is 11.6 Å². The number of piperidine rings is 1. The predicted octanol–water partition coefficient (Wildman–Crippen LogP) is 3.22. The van der Waals surface area contributed by atoms with Gasteiger partial charge in [0.25, 0.3) is 0 Å². The summed E-state index contributed by atoms with van der Waals surface area (Å²) < 4.78 is 39.8. The number of nitrogens with one attached hydrogen (secondary N) is 1. The summed E-state index contributed by atoms with van der Waals surface area (Å²) in [5.74, 6) is -3.31. The van der Waals surface area contributed by atoms with Crippen LogP contribution in [-0.2, 0) is 0 Å². The molecular formula is C11H11ClF3N. The van der Waals surface area contributed by atoms with E-state index in [1.165, 1.54) is 0 Å². The Bertz CT molecular complexity index is 403. The highest BCUT2D eigenvalue weighted by atomic mass is 35.5. The van der Waals surface area contributed by atoms with E-state index >= 15 is 0 Å². The summed E-state index contributed by atoms with van der Waals surface area (Å²) in [4.78, 5) is 0. The quantitative estimate of drug-likeness (QED) is 0.595. The third kappa shape index (κ3) is 2.04. The molecule has 16 heavy (non-hydrogen) atoms. The third-order valence-electron chi connectivity index (χ3n) is 2.91. The molecule has 1 aliphatic heterocycles. The molecule has 1 aromatic carbocycles. The molecule has 0 aliphatic carbocycles. The first-order chi connectivity index (χ1) is 7.61. The molecule has 2 rings (SSSR count). The maximum Gasteiger partial charge on any atom is 0.180 e. The smallest absolute Gasteiger partial charge is 0.180 e. The fraction of sp³-hybridized carbons (Fsp3) is 0.455. The first kappa shape index (κ1) is 11.7. The van der Waals surface area contributed by atoms with Gasteiger partial charge in [0.05, 0.1) is 0 Å². The second-order valence-electron chi connectivity index (χ2n) is 3.91. The van der Waals surface area contributed by atoms with Crippen LogP contribution in [-0.4, -0.2) is 13.1 Å². The maximum absolute atomic E-state index is 13.7. The van der Waals surface area contributed by atoms with Gasteiger partial charge >= 0.3 is 0 Å². The second kappa shape index (κ2) is 4.63. The number of rotatable bonds is 1. The molecule has 88 valence electrons. The fourth-order valence-electron chi connectivity index (χ4n) is 2.02. The average Bonchev–Trinajstić information content (AvgIpc) is 2.32. The Balaban J connectivity index is 2.40. The molecule has 1 nitrogen and oxygen atoms in total. The van der Waals surface area contributed by atoms with Crippen LogP contribution in [0.25, 0.3) is 0 Å². The lowest BCUT2D eigenvalue weighted by molar-refractivity contribution is 0.433. The van der Waals surface area contributed by atoms with Crippen LogP contribution in [0.3, 0.4) is 0 Å². The molecule has 0 radical (unpaired) electrons. The fourth-order valence-corrected chi connectivity index (χ4v) is 2.22. The van der Waals surface area contributed by atoms with Gasteiger partial charge in [0.1, 0.15) is 10.8 Å². The van der Waals surface area contributed by atoms with Crippen LogP contribution in [0.1, 0.15) is 24.3 Å². The minimum Gasteiger partial charge on any atom is -0.317 e. The number of benzene rings is 1. The number of hydrogen-bond acceptors (Lipinski definition) is 1. The Morgan fingerprint density at radius 3 is 2.38 bits per heavy atom. The van der Waals surface area contributed by atoms with E-state index in [0.717, 1.165) is 19.2 Å². The van der Waals surface area contributed by atoms with E-state index < -0.39 is 22.5 Å². The molecule has 1 N–H and O–H groups in total. The van der Waals surface area contributed by atoms with Crippen molar-refractivity contribution in [1.29, 1.82) is 0 Å². The van der Waals surface area contributed by atoms with E-state index in [9.17, 15) is 13.2 Å². The van der Waals surface area contributed by atoms with E-state index in [-0.39, 0.29) is 11.5 Å². The van der Waals surface area contributed by atoms with Gasteiger partial charge in [0, 0.05) is 0 Å². The number of hydrogen-bond donors (Lipinski definition) is 1. The molecule has 0 spiro atoms. The van der Waals surface area contributed by atoms with Gasteiger partial charge in [0.2, 0.25) is 0 Å². The zero-order valence-electron chi connectivity index (χ0n) is 8.49. The Hall–Kier alpha value is -0.740. The molecule has 0 saturated carbocycles. The SMILES string of the molecule is Fc1cc(C2CCNCC2)c(F)c(Cl)c1F. The Morgan fingerprint density at radius 1 is 1.12 bits per heavy atom. The van der Waals surface area contributed by atoms with E-state index in [0.29, 0.717) is 12.8 Å². The van der Waals surface area contributed by atoms with Crippen LogP contribution in [0.4, 0.5) is 13.2 Å². The molecule has 1 aliphatic rings. The van der Waals surface area contributed by atoms with E-state index in [4.69, 9.17) is 11.6 Å². The molecule has 0 amide bonds. The first-order valence-corrected chi connectivity index (χ1v) is 5.52. The lowest BCUT2D eigenvalue weighted by atomic mass is 9.90. The Labute approximate surface area is 96.6 Å². The van der Waals surface area contributed by atoms with Crippen molar-refractivity contribution in [1.82, 2.24) is 5.32 Å². The minimum atomic E-state index is -1.31. The van der Waals surface area contributed by atoms with Gasteiger partial charge < -0.3 is 5.32 Å².